The normalized spacial score (nSPS) is 10.6. The molecule has 3 heteroatoms. The molecule has 0 unspecified atom stereocenters. The summed E-state index contributed by atoms with van der Waals surface area (Å²) >= 11 is 0. The Morgan fingerprint density at radius 3 is 2.67 bits per heavy atom. The van der Waals surface area contributed by atoms with Crippen LogP contribution in [0.25, 0.3) is 0 Å². The van der Waals surface area contributed by atoms with Gasteiger partial charge in [-0.15, -0.1) is 0 Å². The molecule has 0 N–H and O–H groups in total. The van der Waals surface area contributed by atoms with E-state index in [2.05, 4.69) is 19.2 Å². The van der Waals surface area contributed by atoms with Gasteiger partial charge in [-0.1, -0.05) is 0 Å². The second-order valence-electron chi connectivity index (χ2n) is 2.79. The van der Waals surface area contributed by atoms with Crippen molar-refractivity contribution in [3.8, 4) is 0 Å². The Bertz CT molecular complexity index is 243. The first-order chi connectivity index (χ1) is 5.74. The van der Waals surface area contributed by atoms with Crippen molar-refractivity contribution in [2.75, 3.05) is 6.61 Å². The predicted octanol–water partition coefficient (Wildman–Crippen LogP) is 1.80. The van der Waals surface area contributed by atoms with Gasteiger partial charge < -0.3 is 4.57 Å². The quantitative estimate of drug-likeness (QED) is 0.390. The zero-order chi connectivity index (χ0) is 8.97. The molecule has 0 aliphatic heterocycles. The summed E-state index contributed by atoms with van der Waals surface area (Å²) in [6.07, 6.45) is 2.06. The fourth-order valence-electron chi connectivity index (χ4n) is 1.12. The van der Waals surface area contributed by atoms with Crippen LogP contribution in [-0.4, -0.2) is 11.2 Å². The summed E-state index contributed by atoms with van der Waals surface area (Å²) in [5, 5.41) is 0. The van der Waals surface area contributed by atoms with Gasteiger partial charge in [-0.3, -0.25) is 0 Å². The first kappa shape index (κ1) is 9.29. The molecule has 68 valence electrons. The number of hydrogen-bond acceptors (Lipinski definition) is 2. The maximum atomic E-state index is 4.94. The third-order valence-corrected chi connectivity index (χ3v) is 1.65. The van der Waals surface area contributed by atoms with Crippen LogP contribution < -0.4 is 0 Å². The van der Waals surface area contributed by atoms with Crippen LogP contribution in [-0.2, 0) is 23.4 Å². The topological polar surface area (TPSA) is 23.4 Å². The van der Waals surface area contributed by atoms with Crippen molar-refractivity contribution in [3.63, 3.8) is 0 Å². The molecule has 1 aromatic heterocycles. The zero-order valence-corrected chi connectivity index (χ0v) is 7.83. The van der Waals surface area contributed by atoms with Crippen LogP contribution in [0.3, 0.4) is 0 Å². The molecular formula is C9H15NO2. The second-order valence-corrected chi connectivity index (χ2v) is 2.79. The largest absolute Gasteiger partial charge is 0.352 e. The summed E-state index contributed by atoms with van der Waals surface area (Å²) < 4.78 is 2.04. The van der Waals surface area contributed by atoms with Crippen LogP contribution in [0.15, 0.2) is 12.3 Å². The summed E-state index contributed by atoms with van der Waals surface area (Å²) in [7, 11) is 2.00. The molecule has 0 spiro atoms. The lowest BCUT2D eigenvalue weighted by atomic mass is 10.3. The van der Waals surface area contributed by atoms with Crippen molar-refractivity contribution in [2.45, 2.75) is 20.5 Å². The van der Waals surface area contributed by atoms with E-state index in [1.165, 1.54) is 5.56 Å². The highest BCUT2D eigenvalue weighted by Gasteiger charge is 1.99. The molecular weight excluding hydrogens is 154 g/mol. The third-order valence-electron chi connectivity index (χ3n) is 1.65. The lowest BCUT2D eigenvalue weighted by molar-refractivity contribution is -0.301. The Morgan fingerprint density at radius 2 is 2.17 bits per heavy atom. The minimum Gasteiger partial charge on any atom is -0.352 e. The lowest BCUT2D eigenvalue weighted by Gasteiger charge is -2.02. The van der Waals surface area contributed by atoms with Crippen molar-refractivity contribution in [3.05, 3.63) is 23.5 Å². The fourth-order valence-corrected chi connectivity index (χ4v) is 1.12. The third kappa shape index (κ3) is 2.36. The Balaban J connectivity index is 2.45. The van der Waals surface area contributed by atoms with Gasteiger partial charge in [-0.05, 0) is 25.5 Å². The van der Waals surface area contributed by atoms with Gasteiger partial charge in [0.25, 0.3) is 0 Å². The highest BCUT2D eigenvalue weighted by Crippen LogP contribution is 2.06. The predicted molar refractivity (Wildman–Crippen MR) is 46.6 cm³/mol. The number of rotatable bonds is 4. The standard InChI is InChI=1S/C9H15NO2/c1-4-11-12-7-9-5-8(2)6-10(9)3/h5-6H,4,7H2,1-3H3. The summed E-state index contributed by atoms with van der Waals surface area (Å²) in [4.78, 5) is 9.73. The minimum absolute atomic E-state index is 0.512. The van der Waals surface area contributed by atoms with Gasteiger partial charge in [0.1, 0.15) is 6.61 Å². The molecule has 0 fully saturated rings. The number of aryl methyl sites for hydroxylation is 2. The highest BCUT2D eigenvalue weighted by atomic mass is 17.2. The van der Waals surface area contributed by atoms with Crippen LogP contribution in [0.1, 0.15) is 18.2 Å². The molecule has 0 saturated carbocycles. The maximum Gasteiger partial charge on any atom is 0.122 e. The highest BCUT2D eigenvalue weighted by molar-refractivity contribution is 5.15. The van der Waals surface area contributed by atoms with Gasteiger partial charge in [0.2, 0.25) is 0 Å². The number of hydrogen-bond donors (Lipinski definition) is 0. The second kappa shape index (κ2) is 4.28. The van der Waals surface area contributed by atoms with Crippen LogP contribution >= 0.6 is 0 Å². The Hall–Kier alpha value is -0.800. The van der Waals surface area contributed by atoms with E-state index < -0.39 is 0 Å². The van der Waals surface area contributed by atoms with E-state index in [4.69, 9.17) is 9.78 Å². The smallest absolute Gasteiger partial charge is 0.122 e. The fraction of sp³-hybridized carbons (Fsp3) is 0.556. The molecule has 3 nitrogen and oxygen atoms in total. The van der Waals surface area contributed by atoms with Crippen molar-refractivity contribution >= 4 is 0 Å². The minimum atomic E-state index is 0.512. The van der Waals surface area contributed by atoms with Crippen molar-refractivity contribution in [1.82, 2.24) is 4.57 Å². The molecule has 0 aliphatic carbocycles. The van der Waals surface area contributed by atoms with Gasteiger partial charge in [0.15, 0.2) is 0 Å². The summed E-state index contributed by atoms with van der Waals surface area (Å²) in [5.41, 5.74) is 2.37. The van der Waals surface area contributed by atoms with E-state index in [0.717, 1.165) is 5.69 Å². The maximum absolute atomic E-state index is 4.94. The molecule has 0 amide bonds. The van der Waals surface area contributed by atoms with E-state index in [1.54, 1.807) is 0 Å². The zero-order valence-electron chi connectivity index (χ0n) is 7.83. The molecule has 1 heterocycles. The molecule has 1 aromatic rings. The van der Waals surface area contributed by atoms with Gasteiger partial charge in [0.05, 0.1) is 6.61 Å². The Labute approximate surface area is 72.8 Å². The molecule has 0 aliphatic rings. The monoisotopic (exact) mass is 169 g/mol. The molecule has 0 aromatic carbocycles. The molecule has 12 heavy (non-hydrogen) atoms. The Kier molecular flexibility index (Phi) is 3.31. The van der Waals surface area contributed by atoms with Crippen LogP contribution in [0.5, 0.6) is 0 Å². The van der Waals surface area contributed by atoms with Crippen molar-refractivity contribution < 1.29 is 9.78 Å². The van der Waals surface area contributed by atoms with Crippen molar-refractivity contribution in [1.29, 1.82) is 0 Å². The van der Waals surface area contributed by atoms with Gasteiger partial charge in [-0.2, -0.15) is 0 Å². The molecule has 0 bridgehead atoms. The lowest BCUT2D eigenvalue weighted by Crippen LogP contribution is -1.99. The number of aromatic nitrogens is 1. The molecule has 0 atom stereocenters. The average Bonchev–Trinajstić information content (AvgIpc) is 2.31. The van der Waals surface area contributed by atoms with Gasteiger partial charge >= 0.3 is 0 Å². The molecule has 1 rings (SSSR count). The van der Waals surface area contributed by atoms with E-state index in [-0.39, 0.29) is 0 Å². The van der Waals surface area contributed by atoms with Crippen LogP contribution in [0, 0.1) is 6.92 Å². The Morgan fingerprint density at radius 1 is 1.42 bits per heavy atom. The molecule has 0 radical (unpaired) electrons. The van der Waals surface area contributed by atoms with Crippen LogP contribution in [0.4, 0.5) is 0 Å². The van der Waals surface area contributed by atoms with Crippen LogP contribution in [0.2, 0.25) is 0 Å². The summed E-state index contributed by atoms with van der Waals surface area (Å²) in [5.74, 6) is 0. The first-order valence-electron chi connectivity index (χ1n) is 4.10. The number of nitrogens with zero attached hydrogens (tertiary/aromatic N) is 1. The summed E-state index contributed by atoms with van der Waals surface area (Å²) in [6, 6.07) is 2.08. The van der Waals surface area contributed by atoms with Gasteiger partial charge in [-0.25, -0.2) is 9.78 Å². The molecule has 0 saturated heterocycles. The van der Waals surface area contributed by atoms with Gasteiger partial charge in [0, 0.05) is 18.9 Å². The van der Waals surface area contributed by atoms with Crippen molar-refractivity contribution in [2.24, 2.45) is 7.05 Å². The van der Waals surface area contributed by atoms with E-state index in [1.807, 2.05) is 18.5 Å². The SMILES string of the molecule is CCOOCc1cc(C)cn1C. The van der Waals surface area contributed by atoms with E-state index >= 15 is 0 Å². The first-order valence-corrected chi connectivity index (χ1v) is 4.10. The average molecular weight is 169 g/mol. The van der Waals surface area contributed by atoms with E-state index in [0.29, 0.717) is 13.2 Å². The van der Waals surface area contributed by atoms with E-state index in [9.17, 15) is 0 Å². The summed E-state index contributed by atoms with van der Waals surface area (Å²) in [6.45, 7) is 5.06.